The van der Waals surface area contributed by atoms with Gasteiger partial charge in [-0.05, 0) is 5.56 Å². The Hall–Kier alpha value is -2.42. The van der Waals surface area contributed by atoms with Crippen LogP contribution < -0.4 is 0 Å². The number of nitrogens with zero attached hydrogens (tertiary/aromatic N) is 1. The Morgan fingerprint density at radius 1 is 1.25 bits per heavy atom. The number of nitriles is 1. The first-order valence-corrected chi connectivity index (χ1v) is 5.80. The topological polar surface area (TPSA) is 76.4 Å². The second kappa shape index (κ2) is 6.66. The monoisotopic (exact) mass is 279 g/mol. The number of halogens is 1. The number of carbonyl (C=O) groups is 2. The van der Waals surface area contributed by atoms with Crippen LogP contribution in [0, 0.1) is 11.3 Å². The summed E-state index contributed by atoms with van der Waals surface area (Å²) in [5.74, 6) is -4.06. The third-order valence-corrected chi connectivity index (χ3v) is 2.94. The molecule has 0 aliphatic carbocycles. The summed E-state index contributed by atoms with van der Waals surface area (Å²) in [6, 6.07) is 9.77. The number of ether oxygens (including phenoxy) is 2. The van der Waals surface area contributed by atoms with Gasteiger partial charge in [0.05, 0.1) is 26.2 Å². The van der Waals surface area contributed by atoms with Crippen molar-refractivity contribution >= 4 is 11.9 Å². The molecule has 1 atom stereocenters. The minimum Gasteiger partial charge on any atom is -0.466 e. The maximum atomic E-state index is 15.0. The van der Waals surface area contributed by atoms with Crippen molar-refractivity contribution in [3.63, 3.8) is 0 Å². The Labute approximate surface area is 115 Å². The van der Waals surface area contributed by atoms with E-state index in [0.29, 0.717) is 5.56 Å². The molecule has 0 saturated heterocycles. The number of carbonyl (C=O) groups excluding carboxylic acids is 2. The third kappa shape index (κ3) is 2.77. The minimum absolute atomic E-state index is 0.340. The van der Waals surface area contributed by atoms with E-state index in [2.05, 4.69) is 9.47 Å². The first kappa shape index (κ1) is 15.6. The van der Waals surface area contributed by atoms with Crippen LogP contribution in [0.3, 0.4) is 0 Å². The van der Waals surface area contributed by atoms with Crippen LogP contribution in [0.15, 0.2) is 30.3 Å². The number of alkyl halides is 1. The van der Waals surface area contributed by atoms with Gasteiger partial charge in [-0.15, -0.1) is 0 Å². The zero-order valence-corrected chi connectivity index (χ0v) is 11.1. The van der Waals surface area contributed by atoms with Gasteiger partial charge in [0, 0.05) is 6.42 Å². The van der Waals surface area contributed by atoms with Crippen LogP contribution in [0.25, 0.3) is 0 Å². The lowest BCUT2D eigenvalue weighted by molar-refractivity contribution is -0.173. The van der Waals surface area contributed by atoms with Crippen LogP contribution in [0.5, 0.6) is 0 Å². The van der Waals surface area contributed by atoms with Crippen LogP contribution in [0.1, 0.15) is 17.9 Å². The van der Waals surface area contributed by atoms with E-state index in [1.54, 1.807) is 24.3 Å². The van der Waals surface area contributed by atoms with Crippen molar-refractivity contribution in [1.82, 2.24) is 0 Å². The molecule has 0 saturated carbocycles. The standard InChI is InChI=1S/C14H14FNO4/c1-19-12(17)14(15,13(18)20-2)11(8-9-16)10-6-4-3-5-7-10/h3-7,11H,8H2,1-2H3. The molecule has 0 spiro atoms. The number of hydrogen-bond acceptors (Lipinski definition) is 5. The second-order valence-electron chi connectivity index (χ2n) is 4.02. The van der Waals surface area contributed by atoms with Crippen LogP contribution in [-0.4, -0.2) is 31.8 Å². The largest absolute Gasteiger partial charge is 0.466 e. The average molecular weight is 279 g/mol. The minimum atomic E-state index is -3.05. The molecule has 0 amide bonds. The summed E-state index contributed by atoms with van der Waals surface area (Å²) in [5.41, 5.74) is -2.71. The van der Waals surface area contributed by atoms with Crippen molar-refractivity contribution in [3.8, 4) is 6.07 Å². The first-order chi connectivity index (χ1) is 9.52. The smallest absolute Gasteiger partial charge is 0.356 e. The molecule has 0 fully saturated rings. The van der Waals surface area contributed by atoms with Gasteiger partial charge in [-0.2, -0.15) is 5.26 Å². The van der Waals surface area contributed by atoms with Gasteiger partial charge in [0.15, 0.2) is 0 Å². The van der Waals surface area contributed by atoms with Gasteiger partial charge in [0.25, 0.3) is 0 Å². The lowest BCUT2D eigenvalue weighted by Crippen LogP contribution is -2.49. The van der Waals surface area contributed by atoms with Gasteiger partial charge in [-0.25, -0.2) is 14.0 Å². The Morgan fingerprint density at radius 2 is 1.75 bits per heavy atom. The number of rotatable bonds is 5. The molecule has 1 aromatic carbocycles. The molecule has 0 heterocycles. The van der Waals surface area contributed by atoms with Crippen molar-refractivity contribution < 1.29 is 23.5 Å². The fourth-order valence-electron chi connectivity index (χ4n) is 1.93. The van der Waals surface area contributed by atoms with Crippen molar-refractivity contribution in [2.45, 2.75) is 18.0 Å². The zero-order chi connectivity index (χ0) is 15.2. The molecule has 1 aromatic rings. The summed E-state index contributed by atoms with van der Waals surface area (Å²) in [5, 5.41) is 8.85. The normalized spacial score (nSPS) is 12.1. The molecule has 0 aliphatic heterocycles. The molecular formula is C14H14FNO4. The van der Waals surface area contributed by atoms with Crippen LogP contribution in [0.2, 0.25) is 0 Å². The molecule has 0 bridgehead atoms. The molecule has 0 radical (unpaired) electrons. The quantitative estimate of drug-likeness (QED) is 0.606. The lowest BCUT2D eigenvalue weighted by Gasteiger charge is -2.27. The average Bonchev–Trinajstić information content (AvgIpc) is 2.50. The Balaban J connectivity index is 3.37. The fourth-order valence-corrected chi connectivity index (χ4v) is 1.93. The Bertz CT molecular complexity index is 508. The van der Waals surface area contributed by atoms with E-state index < -0.39 is 23.5 Å². The van der Waals surface area contributed by atoms with Crippen LogP contribution in [-0.2, 0) is 19.1 Å². The summed E-state index contributed by atoms with van der Waals surface area (Å²) < 4.78 is 23.7. The summed E-state index contributed by atoms with van der Waals surface area (Å²) in [6.07, 6.45) is -0.370. The van der Waals surface area contributed by atoms with E-state index in [1.807, 2.05) is 0 Å². The summed E-state index contributed by atoms with van der Waals surface area (Å²) in [7, 11) is 1.93. The molecule has 20 heavy (non-hydrogen) atoms. The van der Waals surface area contributed by atoms with Crippen LogP contribution in [0.4, 0.5) is 4.39 Å². The van der Waals surface area contributed by atoms with E-state index in [0.717, 1.165) is 14.2 Å². The van der Waals surface area contributed by atoms with E-state index in [-0.39, 0.29) is 6.42 Å². The maximum Gasteiger partial charge on any atom is 0.356 e. The summed E-state index contributed by atoms with van der Waals surface area (Å²) in [4.78, 5) is 23.4. The van der Waals surface area contributed by atoms with Gasteiger partial charge < -0.3 is 9.47 Å². The predicted octanol–water partition coefficient (Wildman–Crippen LogP) is 1.74. The molecule has 0 N–H and O–H groups in total. The maximum absolute atomic E-state index is 15.0. The van der Waals surface area contributed by atoms with Gasteiger partial charge >= 0.3 is 17.6 Å². The molecule has 1 rings (SSSR count). The van der Waals surface area contributed by atoms with Gasteiger partial charge in [-0.3, -0.25) is 0 Å². The van der Waals surface area contributed by atoms with E-state index in [1.165, 1.54) is 12.1 Å². The van der Waals surface area contributed by atoms with E-state index >= 15 is 4.39 Å². The Morgan fingerprint density at radius 3 is 2.15 bits per heavy atom. The lowest BCUT2D eigenvalue weighted by atomic mass is 9.81. The molecule has 5 nitrogen and oxygen atoms in total. The number of methoxy groups -OCH3 is 2. The fraction of sp³-hybridized carbons (Fsp3) is 0.357. The molecule has 0 aliphatic rings. The number of esters is 2. The van der Waals surface area contributed by atoms with Gasteiger partial charge in [0.2, 0.25) is 0 Å². The van der Waals surface area contributed by atoms with Crippen molar-refractivity contribution in [2.75, 3.05) is 14.2 Å². The summed E-state index contributed by atoms with van der Waals surface area (Å²) >= 11 is 0. The SMILES string of the molecule is COC(=O)C(F)(C(=O)OC)C(CC#N)c1ccccc1. The molecular weight excluding hydrogens is 265 g/mol. The van der Waals surface area contributed by atoms with Gasteiger partial charge in [-0.1, -0.05) is 30.3 Å². The van der Waals surface area contributed by atoms with Crippen molar-refractivity contribution in [1.29, 1.82) is 5.26 Å². The highest BCUT2D eigenvalue weighted by Crippen LogP contribution is 2.36. The van der Waals surface area contributed by atoms with E-state index in [4.69, 9.17) is 5.26 Å². The second-order valence-corrected chi connectivity index (χ2v) is 4.02. The van der Waals surface area contributed by atoms with Gasteiger partial charge in [0.1, 0.15) is 0 Å². The van der Waals surface area contributed by atoms with E-state index in [9.17, 15) is 9.59 Å². The number of benzene rings is 1. The van der Waals surface area contributed by atoms with Crippen LogP contribution >= 0.6 is 0 Å². The molecule has 6 heteroatoms. The highest BCUT2D eigenvalue weighted by molar-refractivity contribution is 6.04. The summed E-state index contributed by atoms with van der Waals surface area (Å²) in [6.45, 7) is 0. The third-order valence-electron chi connectivity index (χ3n) is 2.94. The Kier molecular flexibility index (Phi) is 5.21. The number of hydrogen-bond donors (Lipinski definition) is 0. The molecule has 1 unspecified atom stereocenters. The van der Waals surface area contributed by atoms with Crippen molar-refractivity contribution in [3.05, 3.63) is 35.9 Å². The molecule has 0 aromatic heterocycles. The molecule has 106 valence electrons. The first-order valence-electron chi connectivity index (χ1n) is 5.80. The highest BCUT2D eigenvalue weighted by Gasteiger charge is 2.56. The zero-order valence-electron chi connectivity index (χ0n) is 11.1. The highest BCUT2D eigenvalue weighted by atomic mass is 19.1. The predicted molar refractivity (Wildman–Crippen MR) is 67.3 cm³/mol. The van der Waals surface area contributed by atoms with Crippen molar-refractivity contribution in [2.24, 2.45) is 0 Å².